The van der Waals surface area contributed by atoms with Crippen LogP contribution in [0, 0.1) is 5.92 Å². The number of methoxy groups -OCH3 is 2. The highest BCUT2D eigenvalue weighted by molar-refractivity contribution is 6.08. The Morgan fingerprint density at radius 2 is 1.90 bits per heavy atom. The molecule has 1 fully saturated rings. The molecule has 0 bridgehead atoms. The number of hydrogen-bond donors (Lipinski definition) is 1. The van der Waals surface area contributed by atoms with E-state index in [1.807, 2.05) is 29.2 Å². The van der Waals surface area contributed by atoms with Crippen LogP contribution in [0.2, 0.25) is 0 Å². The molecule has 1 N–H and O–H groups in total. The number of esters is 1. The lowest BCUT2D eigenvalue weighted by molar-refractivity contribution is -0.151. The van der Waals surface area contributed by atoms with Gasteiger partial charge in [-0.1, -0.05) is 6.07 Å². The predicted molar refractivity (Wildman–Crippen MR) is 109 cm³/mol. The van der Waals surface area contributed by atoms with E-state index in [0.717, 1.165) is 24.5 Å². The van der Waals surface area contributed by atoms with Gasteiger partial charge in [0.05, 0.1) is 20.5 Å². The van der Waals surface area contributed by atoms with Gasteiger partial charge in [-0.15, -0.1) is 0 Å². The monoisotopic (exact) mass is 412 g/mol. The molecule has 1 saturated heterocycles. The third kappa shape index (κ3) is 3.83. The average Bonchev–Trinajstić information content (AvgIpc) is 3.33. The fourth-order valence-electron chi connectivity index (χ4n) is 3.76. The minimum absolute atomic E-state index is 0.441. The van der Waals surface area contributed by atoms with Crippen LogP contribution < -0.4 is 15.0 Å². The summed E-state index contributed by atoms with van der Waals surface area (Å²) in [6.07, 6.45) is 1.50. The highest BCUT2D eigenvalue weighted by Gasteiger charge is 2.43. The van der Waals surface area contributed by atoms with Crippen molar-refractivity contribution in [3.63, 3.8) is 0 Å². The van der Waals surface area contributed by atoms with Crippen molar-refractivity contribution in [3.05, 3.63) is 48.4 Å². The molecule has 3 heterocycles. The van der Waals surface area contributed by atoms with E-state index in [1.165, 1.54) is 13.4 Å². The van der Waals surface area contributed by atoms with Gasteiger partial charge in [0.2, 0.25) is 11.9 Å². The fourth-order valence-corrected chi connectivity index (χ4v) is 3.76. The maximum Gasteiger partial charge on any atom is 0.320 e. The molecule has 30 heavy (non-hydrogen) atoms. The van der Waals surface area contributed by atoms with Crippen LogP contribution >= 0.6 is 0 Å². The SMILES string of the molecule is COC(=O)[C@H]1C(=O)NC(N2CCN(c3cccc(OC)c3)CC2)=N[C@@H]1c1ccco1. The second kappa shape index (κ2) is 8.48. The van der Waals surface area contributed by atoms with E-state index in [4.69, 9.17) is 13.9 Å². The maximum atomic E-state index is 12.7. The Hall–Kier alpha value is -3.49. The quantitative estimate of drug-likeness (QED) is 0.599. The molecule has 1 aromatic carbocycles. The van der Waals surface area contributed by atoms with Crippen LogP contribution in [-0.2, 0) is 14.3 Å². The van der Waals surface area contributed by atoms with Gasteiger partial charge in [-0.25, -0.2) is 4.99 Å². The van der Waals surface area contributed by atoms with Crippen LogP contribution in [0.5, 0.6) is 5.75 Å². The number of nitrogens with one attached hydrogen (secondary N) is 1. The molecule has 0 radical (unpaired) electrons. The minimum Gasteiger partial charge on any atom is -0.497 e. The summed E-state index contributed by atoms with van der Waals surface area (Å²) in [4.78, 5) is 33.8. The van der Waals surface area contributed by atoms with Crippen LogP contribution in [0.3, 0.4) is 0 Å². The zero-order valence-corrected chi connectivity index (χ0v) is 16.9. The number of guanidine groups is 1. The highest BCUT2D eigenvalue weighted by atomic mass is 16.5. The van der Waals surface area contributed by atoms with Crippen molar-refractivity contribution in [2.45, 2.75) is 6.04 Å². The Labute approximate surface area is 174 Å². The zero-order valence-electron chi connectivity index (χ0n) is 16.9. The van der Waals surface area contributed by atoms with Gasteiger partial charge in [-0.05, 0) is 24.3 Å². The minimum atomic E-state index is -1.08. The number of hydrogen-bond acceptors (Lipinski definition) is 8. The normalized spacial score (nSPS) is 21.7. The molecule has 0 saturated carbocycles. The summed E-state index contributed by atoms with van der Waals surface area (Å²) in [5.74, 6) is -0.445. The molecule has 4 rings (SSSR count). The van der Waals surface area contributed by atoms with Gasteiger partial charge in [0.25, 0.3) is 0 Å². The Kier molecular flexibility index (Phi) is 5.60. The number of furan rings is 1. The molecule has 2 aliphatic heterocycles. The van der Waals surface area contributed by atoms with Gasteiger partial charge in [-0.3, -0.25) is 14.9 Å². The van der Waals surface area contributed by atoms with Crippen molar-refractivity contribution in [2.24, 2.45) is 10.9 Å². The standard InChI is InChI=1S/C21H24N4O5/c1-28-15-6-3-5-14(13-15)24-8-10-25(11-9-24)21-22-18(16-7-4-12-30-16)17(19(26)23-21)20(27)29-2/h3-7,12-13,17-18H,8-11H2,1-2H3,(H,22,23,26)/t17-,18-/m1/s1. The summed E-state index contributed by atoms with van der Waals surface area (Å²) in [6, 6.07) is 10.6. The van der Waals surface area contributed by atoms with Gasteiger partial charge in [0.15, 0.2) is 5.92 Å². The number of amides is 1. The largest absolute Gasteiger partial charge is 0.497 e. The Bertz CT molecular complexity index is 935. The number of ether oxygens (including phenoxy) is 2. The zero-order chi connectivity index (χ0) is 21.1. The molecule has 1 aromatic heterocycles. The summed E-state index contributed by atoms with van der Waals surface area (Å²) in [5.41, 5.74) is 1.09. The van der Waals surface area contributed by atoms with Crippen LogP contribution in [0.4, 0.5) is 5.69 Å². The highest BCUT2D eigenvalue weighted by Crippen LogP contribution is 2.31. The first kappa shape index (κ1) is 19.8. The Morgan fingerprint density at radius 1 is 1.13 bits per heavy atom. The number of carbonyl (C=O) groups excluding carboxylic acids is 2. The van der Waals surface area contributed by atoms with Crippen LogP contribution in [0.1, 0.15) is 11.8 Å². The number of aliphatic imine (C=N–C) groups is 1. The first-order valence-corrected chi connectivity index (χ1v) is 9.74. The first-order chi connectivity index (χ1) is 14.6. The molecule has 9 heteroatoms. The lowest BCUT2D eigenvalue weighted by Gasteiger charge is -2.39. The van der Waals surface area contributed by atoms with Crippen LogP contribution in [0.25, 0.3) is 0 Å². The molecule has 2 aromatic rings. The van der Waals surface area contributed by atoms with Crippen molar-refractivity contribution >= 4 is 23.5 Å². The Balaban J connectivity index is 1.51. The van der Waals surface area contributed by atoms with Crippen molar-refractivity contribution in [2.75, 3.05) is 45.3 Å². The second-order valence-corrected chi connectivity index (χ2v) is 7.08. The Morgan fingerprint density at radius 3 is 2.57 bits per heavy atom. The molecule has 0 aliphatic carbocycles. The van der Waals surface area contributed by atoms with Gasteiger partial charge in [0.1, 0.15) is 17.6 Å². The van der Waals surface area contributed by atoms with Gasteiger partial charge in [-0.2, -0.15) is 0 Å². The summed E-state index contributed by atoms with van der Waals surface area (Å²) in [7, 11) is 2.91. The van der Waals surface area contributed by atoms with Crippen molar-refractivity contribution in [1.82, 2.24) is 10.2 Å². The third-order valence-corrected chi connectivity index (χ3v) is 5.38. The summed E-state index contributed by atoms with van der Waals surface area (Å²) in [5, 5.41) is 2.77. The number of piperazine rings is 1. The lowest BCUT2D eigenvalue weighted by Crippen LogP contribution is -2.57. The van der Waals surface area contributed by atoms with Gasteiger partial charge < -0.3 is 23.7 Å². The molecule has 2 aliphatic rings. The molecule has 0 unspecified atom stereocenters. The van der Waals surface area contributed by atoms with E-state index in [2.05, 4.69) is 15.2 Å². The summed E-state index contributed by atoms with van der Waals surface area (Å²) in [6.45, 7) is 2.86. The number of benzene rings is 1. The third-order valence-electron chi connectivity index (χ3n) is 5.38. The topological polar surface area (TPSA) is 96.6 Å². The number of carbonyl (C=O) groups is 2. The summed E-state index contributed by atoms with van der Waals surface area (Å²) >= 11 is 0. The van der Waals surface area contributed by atoms with Crippen LogP contribution in [-0.4, -0.2) is 63.1 Å². The van der Waals surface area contributed by atoms with Crippen molar-refractivity contribution in [3.8, 4) is 5.75 Å². The number of nitrogens with zero attached hydrogens (tertiary/aromatic N) is 3. The average molecular weight is 412 g/mol. The number of rotatable bonds is 4. The first-order valence-electron chi connectivity index (χ1n) is 9.74. The molecule has 0 spiro atoms. The molecule has 158 valence electrons. The van der Waals surface area contributed by atoms with Gasteiger partial charge >= 0.3 is 5.97 Å². The van der Waals surface area contributed by atoms with Crippen molar-refractivity contribution in [1.29, 1.82) is 0 Å². The smallest absolute Gasteiger partial charge is 0.320 e. The van der Waals surface area contributed by atoms with E-state index in [9.17, 15) is 9.59 Å². The van der Waals surface area contributed by atoms with E-state index in [0.29, 0.717) is 24.8 Å². The summed E-state index contributed by atoms with van der Waals surface area (Å²) < 4.78 is 15.6. The lowest BCUT2D eigenvalue weighted by atomic mass is 9.95. The maximum absolute atomic E-state index is 12.7. The number of anilines is 1. The molecule has 2 atom stereocenters. The fraction of sp³-hybridized carbons (Fsp3) is 0.381. The molecular formula is C21H24N4O5. The van der Waals surface area contributed by atoms with E-state index in [1.54, 1.807) is 19.2 Å². The molecule has 1 amide bonds. The predicted octanol–water partition coefficient (Wildman–Crippen LogP) is 1.43. The molecular weight excluding hydrogens is 388 g/mol. The van der Waals surface area contributed by atoms with Crippen molar-refractivity contribution < 1.29 is 23.5 Å². The van der Waals surface area contributed by atoms with Gasteiger partial charge in [0, 0.05) is 37.9 Å². The van der Waals surface area contributed by atoms with E-state index < -0.39 is 23.8 Å². The second-order valence-electron chi connectivity index (χ2n) is 7.08. The van der Waals surface area contributed by atoms with E-state index in [-0.39, 0.29) is 0 Å². The van der Waals surface area contributed by atoms with Crippen LogP contribution in [0.15, 0.2) is 52.1 Å². The van der Waals surface area contributed by atoms with E-state index >= 15 is 0 Å². The molecule has 9 nitrogen and oxygen atoms in total.